The predicted octanol–water partition coefficient (Wildman–Crippen LogP) is 16.6. The molecule has 1 unspecified atom stereocenters. The predicted molar refractivity (Wildman–Crippen MR) is 307 cm³/mol. The van der Waals surface area contributed by atoms with Crippen LogP contribution in [-0.4, -0.2) is 6.71 Å². The molecule has 2 nitrogen and oxygen atoms in total. The fourth-order valence-electron chi connectivity index (χ4n) is 14.7. The number of aryl methyl sites for hydroxylation is 1. The summed E-state index contributed by atoms with van der Waals surface area (Å²) in [5, 5.41) is 0. The van der Waals surface area contributed by atoms with Crippen LogP contribution in [0.2, 0.25) is 0 Å². The Morgan fingerprint density at radius 3 is 1.65 bits per heavy atom. The summed E-state index contributed by atoms with van der Waals surface area (Å²) in [7, 11) is 0. The Hall–Kier alpha value is -5.80. The standard InChI is InChI=1S/C68H75BN2/c1-40-23-24-42(41-21-19-18-20-22-41)31-55(40)71-56-33-45(63(5,6)7)25-27-52(56)69-53-36-48-49-37-57(53)70(58-34-46(64(8,9)10)35-59(71)61(58)69)54-28-26-44(62(2,3)4)32-47(54)43-29-50-60(67(15,16)38-65(50,11)12)51(30-43)68(49,17)39-66(48,13)14/h18-37H,38-39H2,1-17H3. The van der Waals surface area contributed by atoms with Gasteiger partial charge in [-0.2, -0.15) is 0 Å². The number of hydrogen-bond acceptors (Lipinski definition) is 2. The van der Waals surface area contributed by atoms with Crippen molar-refractivity contribution in [1.82, 2.24) is 0 Å². The van der Waals surface area contributed by atoms with Crippen molar-refractivity contribution in [2.45, 2.75) is 168 Å². The minimum Gasteiger partial charge on any atom is -0.311 e. The summed E-state index contributed by atoms with van der Waals surface area (Å²) in [5.41, 5.74) is 29.6. The van der Waals surface area contributed by atoms with Crippen LogP contribution >= 0.6 is 0 Å². The second-order valence-corrected chi connectivity index (χ2v) is 27.9. The van der Waals surface area contributed by atoms with Gasteiger partial charge in [-0.1, -0.05) is 184 Å². The van der Waals surface area contributed by atoms with E-state index in [1.54, 1.807) is 11.1 Å². The zero-order valence-electron chi connectivity index (χ0n) is 45.9. The highest BCUT2D eigenvalue weighted by Gasteiger charge is 2.54. The van der Waals surface area contributed by atoms with Crippen LogP contribution in [-0.2, 0) is 37.9 Å². The van der Waals surface area contributed by atoms with Crippen LogP contribution in [0.1, 0.15) is 174 Å². The van der Waals surface area contributed by atoms with Crippen LogP contribution in [0.5, 0.6) is 0 Å². The molecule has 360 valence electrons. The van der Waals surface area contributed by atoms with Crippen LogP contribution in [0.3, 0.4) is 0 Å². The zero-order chi connectivity index (χ0) is 50.5. The lowest BCUT2D eigenvalue weighted by Crippen LogP contribution is -2.62. The first-order valence-corrected chi connectivity index (χ1v) is 26.7. The van der Waals surface area contributed by atoms with E-state index < -0.39 is 0 Å². The SMILES string of the molecule is Cc1ccc(-c2ccccc2)cc1N1c2cc(C(C)(C)C)ccc2B2c3cc4c5cc3N(c3ccc(C(C)(C)C)cc3-c3cc6c(c(c3)C5(C)CC4(C)C)C(C)(C)CC6(C)C)c3cc(C(C)(C)C)cc1c32. The Morgan fingerprint density at radius 2 is 0.986 bits per heavy atom. The molecular formula is C68H75BN2. The minimum atomic E-state index is -0.195. The Morgan fingerprint density at radius 1 is 0.408 bits per heavy atom. The first kappa shape index (κ1) is 46.3. The third kappa shape index (κ3) is 6.66. The third-order valence-corrected chi connectivity index (χ3v) is 18.1. The van der Waals surface area contributed by atoms with E-state index in [2.05, 4.69) is 249 Å². The van der Waals surface area contributed by atoms with Crippen LogP contribution in [0.25, 0.3) is 22.3 Å². The fraction of sp³-hybridized carbons (Fsp3) is 0.382. The molecule has 3 heteroatoms. The van der Waals surface area contributed by atoms with Crippen molar-refractivity contribution in [3.8, 4) is 22.3 Å². The Kier molecular flexibility index (Phi) is 9.42. The molecule has 7 aromatic rings. The van der Waals surface area contributed by atoms with E-state index in [0.717, 1.165) is 12.8 Å². The summed E-state index contributed by atoms with van der Waals surface area (Å²) in [4.78, 5) is 5.43. The summed E-state index contributed by atoms with van der Waals surface area (Å²) in [5.74, 6) is 0. The van der Waals surface area contributed by atoms with Crippen LogP contribution < -0.4 is 26.2 Å². The molecule has 12 rings (SSSR count). The van der Waals surface area contributed by atoms with E-state index in [-0.39, 0.29) is 44.6 Å². The van der Waals surface area contributed by atoms with E-state index >= 15 is 0 Å². The van der Waals surface area contributed by atoms with Gasteiger partial charge in [0.2, 0.25) is 0 Å². The molecule has 0 spiro atoms. The van der Waals surface area contributed by atoms with E-state index in [9.17, 15) is 0 Å². The molecule has 1 atom stereocenters. The third-order valence-electron chi connectivity index (χ3n) is 18.1. The van der Waals surface area contributed by atoms with Crippen molar-refractivity contribution < 1.29 is 0 Å². The largest absolute Gasteiger partial charge is 0.311 e. The normalized spacial score (nSPS) is 19.5. The zero-order valence-corrected chi connectivity index (χ0v) is 45.9. The van der Waals surface area contributed by atoms with Gasteiger partial charge in [-0.05, 0) is 184 Å². The minimum absolute atomic E-state index is 0.0214. The van der Waals surface area contributed by atoms with E-state index in [0.29, 0.717) is 0 Å². The number of anilines is 6. The first-order chi connectivity index (χ1) is 33.1. The first-order valence-electron chi connectivity index (χ1n) is 26.7. The Bertz CT molecular complexity index is 3430. The highest BCUT2D eigenvalue weighted by atomic mass is 15.2. The average molecular weight is 931 g/mol. The van der Waals surface area contributed by atoms with Gasteiger partial charge < -0.3 is 9.80 Å². The molecule has 0 saturated carbocycles. The molecule has 0 N–H and O–H groups in total. The Balaban J connectivity index is 1.26. The topological polar surface area (TPSA) is 6.48 Å². The van der Waals surface area contributed by atoms with Crippen LogP contribution in [0, 0.1) is 6.92 Å². The summed E-state index contributed by atoms with van der Waals surface area (Å²) in [6.07, 6.45) is 2.20. The smallest absolute Gasteiger partial charge is 0.252 e. The van der Waals surface area contributed by atoms with Gasteiger partial charge >= 0.3 is 0 Å². The number of rotatable bonds is 2. The quantitative estimate of drug-likeness (QED) is 0.159. The van der Waals surface area contributed by atoms with Crippen LogP contribution in [0.4, 0.5) is 34.1 Å². The highest BCUT2D eigenvalue weighted by molar-refractivity contribution is 7.00. The summed E-state index contributed by atoms with van der Waals surface area (Å²) in [6, 6.07) is 49.0. The van der Waals surface area contributed by atoms with Gasteiger partial charge in [0.15, 0.2) is 0 Å². The Labute approximate surface area is 427 Å². The summed E-state index contributed by atoms with van der Waals surface area (Å²) in [6.45, 7) is 41.5. The maximum atomic E-state index is 2.75. The molecule has 3 aliphatic heterocycles. The number of hydrogen-bond donors (Lipinski definition) is 0. The van der Waals surface area contributed by atoms with Gasteiger partial charge in [0.25, 0.3) is 6.71 Å². The van der Waals surface area contributed by atoms with Crippen molar-refractivity contribution in [1.29, 1.82) is 0 Å². The monoisotopic (exact) mass is 931 g/mol. The number of benzene rings is 7. The molecule has 0 amide bonds. The highest BCUT2D eigenvalue weighted by Crippen LogP contribution is 2.62. The second kappa shape index (κ2) is 14.5. The lowest BCUT2D eigenvalue weighted by molar-refractivity contribution is 0.392. The van der Waals surface area contributed by atoms with Gasteiger partial charge in [0.1, 0.15) is 0 Å². The van der Waals surface area contributed by atoms with Gasteiger partial charge in [0, 0.05) is 39.4 Å². The molecule has 0 aromatic heterocycles. The molecule has 7 aromatic carbocycles. The van der Waals surface area contributed by atoms with Crippen molar-refractivity contribution in [3.63, 3.8) is 0 Å². The molecule has 4 bridgehead atoms. The summed E-state index contributed by atoms with van der Waals surface area (Å²) >= 11 is 0. The number of fused-ring (bicyclic) bond motifs is 12. The molecular weight excluding hydrogens is 856 g/mol. The second-order valence-electron chi connectivity index (χ2n) is 27.9. The van der Waals surface area contributed by atoms with Crippen molar-refractivity contribution >= 4 is 57.2 Å². The van der Waals surface area contributed by atoms with Gasteiger partial charge in [-0.3, -0.25) is 0 Å². The lowest BCUT2D eigenvalue weighted by Gasteiger charge is -2.47. The van der Waals surface area contributed by atoms with E-state index in [1.807, 2.05) is 0 Å². The molecule has 71 heavy (non-hydrogen) atoms. The maximum absolute atomic E-state index is 2.75. The summed E-state index contributed by atoms with van der Waals surface area (Å²) < 4.78 is 0. The van der Waals surface area contributed by atoms with Gasteiger partial charge in [0.05, 0.1) is 5.69 Å². The molecule has 0 radical (unpaired) electrons. The van der Waals surface area contributed by atoms with E-state index in [4.69, 9.17) is 0 Å². The van der Waals surface area contributed by atoms with Crippen molar-refractivity contribution in [2.75, 3.05) is 9.80 Å². The van der Waals surface area contributed by atoms with E-state index in [1.165, 1.54) is 112 Å². The average Bonchev–Trinajstić information content (AvgIpc) is 3.62. The van der Waals surface area contributed by atoms with Crippen molar-refractivity contribution in [2.24, 2.45) is 0 Å². The molecule has 0 saturated heterocycles. The lowest BCUT2D eigenvalue weighted by atomic mass is 9.33. The maximum Gasteiger partial charge on any atom is 0.252 e. The van der Waals surface area contributed by atoms with Crippen molar-refractivity contribution in [3.05, 3.63) is 171 Å². The number of nitrogens with zero attached hydrogens (tertiary/aromatic N) is 2. The molecule has 2 aliphatic carbocycles. The van der Waals surface area contributed by atoms with Crippen LogP contribution in [0.15, 0.2) is 121 Å². The molecule has 0 fully saturated rings. The molecule has 5 aliphatic rings. The molecule has 3 heterocycles. The fourth-order valence-corrected chi connectivity index (χ4v) is 14.7. The van der Waals surface area contributed by atoms with Gasteiger partial charge in [-0.15, -0.1) is 0 Å². The van der Waals surface area contributed by atoms with Gasteiger partial charge in [-0.25, -0.2) is 0 Å².